The summed E-state index contributed by atoms with van der Waals surface area (Å²) in [6.07, 6.45) is 0. The van der Waals surface area contributed by atoms with Crippen LogP contribution in [0, 0.1) is 6.92 Å². The SMILES string of the molecule is CC(=O)Nc1ccc(S(=O)(=O)N[C@@H](C(=O)c2ccccc2)[C@@H](c2ccc(Cl)cc2)c2c(C)[nH]n(-c3ccccc3)c2=O)cc1. The molecule has 0 aliphatic rings. The number of nitrogens with zero attached hydrogens (tertiary/aromatic N) is 1. The Morgan fingerprint density at radius 1 is 0.841 bits per heavy atom. The number of aromatic nitrogens is 2. The number of amides is 1. The molecule has 5 aromatic rings. The van der Waals surface area contributed by atoms with Crippen molar-refractivity contribution in [3.63, 3.8) is 0 Å². The molecule has 0 fully saturated rings. The number of anilines is 1. The molecule has 2 atom stereocenters. The van der Waals surface area contributed by atoms with Crippen molar-refractivity contribution in [1.82, 2.24) is 14.5 Å². The van der Waals surface area contributed by atoms with Crippen LogP contribution in [0.25, 0.3) is 5.69 Å². The molecule has 0 saturated heterocycles. The minimum Gasteiger partial charge on any atom is -0.326 e. The van der Waals surface area contributed by atoms with Gasteiger partial charge in [-0.25, -0.2) is 13.1 Å². The van der Waals surface area contributed by atoms with E-state index in [0.29, 0.717) is 27.7 Å². The smallest absolute Gasteiger partial charge is 0.275 e. The minimum atomic E-state index is -4.33. The van der Waals surface area contributed by atoms with Gasteiger partial charge < -0.3 is 5.32 Å². The third-order valence-electron chi connectivity index (χ3n) is 7.11. The van der Waals surface area contributed by atoms with Crippen LogP contribution < -0.4 is 15.6 Å². The lowest BCUT2D eigenvalue weighted by Gasteiger charge is -2.27. The zero-order valence-electron chi connectivity index (χ0n) is 23.8. The molecule has 0 unspecified atom stereocenters. The van der Waals surface area contributed by atoms with Gasteiger partial charge in [0, 0.05) is 40.4 Å². The van der Waals surface area contributed by atoms with Gasteiger partial charge in [-0.05, 0) is 61.0 Å². The number of sulfonamides is 1. The number of aromatic amines is 1. The number of carbonyl (C=O) groups is 2. The maximum Gasteiger partial charge on any atom is 0.275 e. The number of rotatable bonds is 10. The molecule has 1 aromatic heterocycles. The topological polar surface area (TPSA) is 130 Å². The monoisotopic (exact) mass is 628 g/mol. The van der Waals surface area contributed by atoms with E-state index in [1.165, 1.54) is 35.9 Å². The molecule has 224 valence electrons. The van der Waals surface area contributed by atoms with Crippen LogP contribution in [0.4, 0.5) is 5.69 Å². The highest BCUT2D eigenvalue weighted by molar-refractivity contribution is 7.89. The van der Waals surface area contributed by atoms with Gasteiger partial charge in [0.05, 0.1) is 16.6 Å². The maximum absolute atomic E-state index is 14.3. The summed E-state index contributed by atoms with van der Waals surface area (Å²) in [5.41, 5.74) is 2.00. The molecular formula is C33H29ClN4O5S. The third-order valence-corrected chi connectivity index (χ3v) is 8.82. The summed E-state index contributed by atoms with van der Waals surface area (Å²) < 4.78 is 31.7. The average Bonchev–Trinajstić information content (AvgIpc) is 3.31. The fourth-order valence-corrected chi connectivity index (χ4v) is 6.43. The molecule has 0 aliphatic carbocycles. The Bertz CT molecular complexity index is 1960. The van der Waals surface area contributed by atoms with Gasteiger partial charge >= 0.3 is 0 Å². The second kappa shape index (κ2) is 12.8. The summed E-state index contributed by atoms with van der Waals surface area (Å²) in [4.78, 5) is 39.7. The summed E-state index contributed by atoms with van der Waals surface area (Å²) in [6.45, 7) is 3.05. The first-order chi connectivity index (χ1) is 21.0. The molecule has 0 radical (unpaired) electrons. The van der Waals surface area contributed by atoms with E-state index in [0.717, 1.165) is 0 Å². The second-order valence-electron chi connectivity index (χ2n) is 10.2. The summed E-state index contributed by atoms with van der Waals surface area (Å²) in [5, 5.41) is 6.13. The van der Waals surface area contributed by atoms with Crippen LogP contribution in [0.2, 0.25) is 5.02 Å². The van der Waals surface area contributed by atoms with Crippen molar-refractivity contribution >= 4 is 39.0 Å². The molecule has 11 heteroatoms. The molecule has 44 heavy (non-hydrogen) atoms. The number of nitrogens with one attached hydrogen (secondary N) is 3. The molecular weight excluding hydrogens is 600 g/mol. The lowest BCUT2D eigenvalue weighted by Crippen LogP contribution is -2.46. The highest BCUT2D eigenvalue weighted by atomic mass is 35.5. The highest BCUT2D eigenvalue weighted by Gasteiger charge is 2.38. The first-order valence-electron chi connectivity index (χ1n) is 13.7. The molecule has 0 saturated carbocycles. The number of halogens is 1. The van der Waals surface area contributed by atoms with Gasteiger partial charge in [-0.3, -0.25) is 19.5 Å². The number of aryl methyl sites for hydroxylation is 1. The molecule has 5 rings (SSSR count). The number of Topliss-reactive ketones (excluding diaryl/α,β-unsaturated/α-hetero) is 1. The van der Waals surface area contributed by atoms with Crippen LogP contribution in [-0.2, 0) is 14.8 Å². The first-order valence-corrected chi connectivity index (χ1v) is 15.5. The Morgan fingerprint density at radius 3 is 2.02 bits per heavy atom. The normalized spacial score (nSPS) is 12.8. The quantitative estimate of drug-likeness (QED) is 0.177. The third kappa shape index (κ3) is 6.57. The molecule has 0 spiro atoms. The molecule has 1 heterocycles. The van der Waals surface area contributed by atoms with Gasteiger partial charge in [0.25, 0.3) is 5.56 Å². The second-order valence-corrected chi connectivity index (χ2v) is 12.3. The van der Waals surface area contributed by atoms with Gasteiger partial charge in [-0.1, -0.05) is 72.3 Å². The molecule has 3 N–H and O–H groups in total. The Kier molecular flexibility index (Phi) is 8.96. The van der Waals surface area contributed by atoms with Gasteiger partial charge in [0.1, 0.15) is 0 Å². The van der Waals surface area contributed by atoms with E-state index < -0.39 is 33.3 Å². The van der Waals surface area contributed by atoms with Gasteiger partial charge in [0.15, 0.2) is 5.78 Å². The maximum atomic E-state index is 14.3. The highest BCUT2D eigenvalue weighted by Crippen LogP contribution is 2.32. The minimum absolute atomic E-state index is 0.125. The van der Waals surface area contributed by atoms with E-state index in [4.69, 9.17) is 11.6 Å². The lowest BCUT2D eigenvalue weighted by molar-refractivity contribution is -0.114. The number of benzene rings is 4. The number of hydrogen-bond acceptors (Lipinski definition) is 5. The van der Waals surface area contributed by atoms with Crippen molar-refractivity contribution in [1.29, 1.82) is 0 Å². The number of hydrogen-bond donors (Lipinski definition) is 3. The predicted octanol–water partition coefficient (Wildman–Crippen LogP) is 5.45. The number of carbonyl (C=O) groups excluding carboxylic acids is 2. The van der Waals surface area contributed by atoms with E-state index in [-0.39, 0.29) is 21.9 Å². The van der Waals surface area contributed by atoms with E-state index in [1.807, 2.05) is 6.07 Å². The Balaban J connectivity index is 1.69. The van der Waals surface area contributed by atoms with E-state index in [9.17, 15) is 22.8 Å². The molecule has 0 bridgehead atoms. The van der Waals surface area contributed by atoms with Crippen molar-refractivity contribution in [2.45, 2.75) is 30.7 Å². The van der Waals surface area contributed by atoms with Gasteiger partial charge in [-0.2, -0.15) is 4.72 Å². The van der Waals surface area contributed by atoms with Crippen molar-refractivity contribution in [3.05, 3.63) is 147 Å². The van der Waals surface area contributed by atoms with Crippen molar-refractivity contribution in [2.24, 2.45) is 0 Å². The van der Waals surface area contributed by atoms with Crippen molar-refractivity contribution < 1.29 is 18.0 Å². The number of para-hydroxylation sites is 1. The Labute approximate surface area is 259 Å². The zero-order chi connectivity index (χ0) is 31.4. The fraction of sp³-hybridized carbons (Fsp3) is 0.121. The van der Waals surface area contributed by atoms with Crippen LogP contribution in [0.5, 0.6) is 0 Å². The Hall–Kier alpha value is -4.77. The van der Waals surface area contributed by atoms with Crippen molar-refractivity contribution in [3.8, 4) is 5.69 Å². The zero-order valence-corrected chi connectivity index (χ0v) is 25.4. The molecule has 9 nitrogen and oxygen atoms in total. The Morgan fingerprint density at radius 2 is 1.43 bits per heavy atom. The summed E-state index contributed by atoms with van der Waals surface area (Å²) in [7, 11) is -4.33. The standard InChI is InChI=1S/C33H29ClN4O5S/c1-21-29(33(41)38(36-21)27-11-7-4-8-12-27)30(23-13-15-25(34)16-14-23)31(32(40)24-9-5-3-6-10-24)37-44(42,43)28-19-17-26(18-20-28)35-22(2)39/h3-20,30-31,36-37H,1-2H3,(H,35,39)/t30-,31+/m0/s1. The first kappa shape index (κ1) is 30.7. The number of ketones is 1. The molecule has 0 aliphatic heterocycles. The largest absolute Gasteiger partial charge is 0.326 e. The van der Waals surface area contributed by atoms with Crippen LogP contribution in [0.3, 0.4) is 0 Å². The van der Waals surface area contributed by atoms with E-state index in [2.05, 4.69) is 15.1 Å². The number of H-pyrrole nitrogens is 1. The molecule has 4 aromatic carbocycles. The average molecular weight is 629 g/mol. The predicted molar refractivity (Wildman–Crippen MR) is 170 cm³/mol. The summed E-state index contributed by atoms with van der Waals surface area (Å²) in [6, 6.07) is 28.0. The van der Waals surface area contributed by atoms with Crippen molar-refractivity contribution in [2.75, 3.05) is 5.32 Å². The van der Waals surface area contributed by atoms with E-state index >= 15 is 0 Å². The van der Waals surface area contributed by atoms with Crippen LogP contribution in [-0.4, -0.2) is 35.9 Å². The summed E-state index contributed by atoms with van der Waals surface area (Å²) in [5.74, 6) is -1.89. The van der Waals surface area contributed by atoms with Crippen LogP contribution in [0.1, 0.15) is 40.0 Å². The fourth-order valence-electron chi connectivity index (χ4n) is 5.09. The van der Waals surface area contributed by atoms with E-state index in [1.54, 1.807) is 85.8 Å². The molecule has 1 amide bonds. The summed E-state index contributed by atoms with van der Waals surface area (Å²) >= 11 is 6.20. The van der Waals surface area contributed by atoms with Gasteiger partial charge in [-0.15, -0.1) is 0 Å². The van der Waals surface area contributed by atoms with Gasteiger partial charge in [0.2, 0.25) is 15.9 Å². The van der Waals surface area contributed by atoms with Crippen LogP contribution in [0.15, 0.2) is 119 Å². The lowest BCUT2D eigenvalue weighted by atomic mass is 9.82. The van der Waals surface area contributed by atoms with Crippen LogP contribution >= 0.6 is 11.6 Å².